The van der Waals surface area contributed by atoms with Gasteiger partial charge < -0.3 is 43.8 Å². The van der Waals surface area contributed by atoms with Gasteiger partial charge in [0.2, 0.25) is 0 Å². The summed E-state index contributed by atoms with van der Waals surface area (Å²) in [4.78, 5) is 0. The Morgan fingerprint density at radius 3 is 0.300 bits per heavy atom. The molecular formula is H19IMgO8. The van der Waals surface area contributed by atoms with Crippen molar-refractivity contribution in [2.75, 3.05) is 0 Å². The molecule has 0 aromatic heterocycles. The molecule has 0 saturated carbocycles. The number of rotatable bonds is 0. The Hall–Kier alpha value is 1.18. The molecule has 10 heteroatoms. The van der Waals surface area contributed by atoms with E-state index in [2.05, 4.69) is 0 Å². The summed E-state index contributed by atoms with van der Waals surface area (Å²) in [6, 6.07) is 0. The summed E-state index contributed by atoms with van der Waals surface area (Å²) < 4.78 is 0. The smallest absolute Gasteiger partial charge is 0.316 e. The van der Waals surface area contributed by atoms with E-state index in [1.165, 1.54) is 0 Å². The first-order valence-electron chi connectivity index (χ1n) is 0. The first kappa shape index (κ1) is 837. The average molecular weight is 298 g/mol. The van der Waals surface area contributed by atoms with Crippen LogP contribution < -0.4 is 0 Å². The normalized spacial score (nSPS) is 0. The Kier molecular flexibility index (Phi) is 51800. The molecule has 0 fully saturated rings. The van der Waals surface area contributed by atoms with Crippen LogP contribution in [0.5, 0.6) is 0 Å². The Bertz CT molecular complexity index is 9.22. The quantitative estimate of drug-likeness (QED) is 0.298. The van der Waals surface area contributed by atoms with Crippen LogP contribution in [0.3, 0.4) is 0 Å². The van der Waals surface area contributed by atoms with E-state index in [-0.39, 0.29) is 90.8 Å². The van der Waals surface area contributed by atoms with Crippen LogP contribution in [0.15, 0.2) is 0 Å². The lowest BCUT2D eigenvalue weighted by molar-refractivity contribution is 0.823. The zero-order valence-electron chi connectivity index (χ0n) is 4.41. The Morgan fingerprint density at radius 1 is 0.300 bits per heavy atom. The summed E-state index contributed by atoms with van der Waals surface area (Å²) in [6.45, 7) is 0. The van der Waals surface area contributed by atoms with Crippen molar-refractivity contribution in [3.05, 3.63) is 0 Å². The van der Waals surface area contributed by atoms with Crippen molar-refractivity contribution in [1.82, 2.24) is 0 Å². The van der Waals surface area contributed by atoms with Gasteiger partial charge in [0, 0.05) is 0 Å². The molecule has 0 bridgehead atoms. The minimum atomic E-state index is 0. The molecule has 0 aliphatic rings. The van der Waals surface area contributed by atoms with Gasteiger partial charge in [-0.2, -0.15) is 0 Å². The summed E-state index contributed by atoms with van der Waals surface area (Å²) >= 11 is 0. The second kappa shape index (κ2) is 619. The predicted octanol–water partition coefficient (Wildman–Crippen LogP) is -6.90. The third-order valence-electron chi connectivity index (χ3n) is 0. The standard InChI is InChI=1S/HI.Mg.8H2O.2H/h1H;;8*1H2;;. The number of halogens is 1. The van der Waals surface area contributed by atoms with Crippen molar-refractivity contribution < 1.29 is 43.8 Å². The molecule has 0 rings (SSSR count). The fourth-order valence-electron chi connectivity index (χ4n) is 0. The monoisotopic (exact) mass is 298 g/mol. The summed E-state index contributed by atoms with van der Waals surface area (Å²) in [5, 5.41) is 0. The topological polar surface area (TPSA) is 252 Å². The van der Waals surface area contributed by atoms with Gasteiger partial charge in [-0.3, -0.25) is 0 Å². The van der Waals surface area contributed by atoms with Crippen LogP contribution in [-0.2, 0) is 0 Å². The highest BCUT2D eigenvalue weighted by atomic mass is 127. The van der Waals surface area contributed by atoms with Gasteiger partial charge in [0.1, 0.15) is 0 Å². The molecular weight excluding hydrogens is 279 g/mol. The highest BCUT2D eigenvalue weighted by molar-refractivity contribution is 14.0. The second-order valence-corrected chi connectivity index (χ2v) is 0. The Balaban J connectivity index is 0. The molecule has 0 aliphatic carbocycles. The molecule has 0 aromatic carbocycles. The lowest BCUT2D eigenvalue weighted by atomic mass is 16.0. The van der Waals surface area contributed by atoms with Crippen LogP contribution in [-0.4, -0.2) is 66.9 Å². The first-order valence-corrected chi connectivity index (χ1v) is 0. The summed E-state index contributed by atoms with van der Waals surface area (Å²) in [5.74, 6) is 0. The number of hydrogen-bond donors (Lipinski definition) is 0. The third-order valence-corrected chi connectivity index (χ3v) is 0. The van der Waals surface area contributed by atoms with Gasteiger partial charge in [0.25, 0.3) is 0 Å². The van der Waals surface area contributed by atoms with Crippen molar-refractivity contribution in [3.8, 4) is 0 Å². The average Bonchev–Trinajstić information content (AvgIpc) is 0. The van der Waals surface area contributed by atoms with Crippen molar-refractivity contribution in [2.24, 2.45) is 0 Å². The van der Waals surface area contributed by atoms with Crippen molar-refractivity contribution in [3.63, 3.8) is 0 Å². The maximum atomic E-state index is 0. The van der Waals surface area contributed by atoms with Gasteiger partial charge in [-0.15, -0.1) is 24.0 Å². The molecule has 0 spiro atoms. The summed E-state index contributed by atoms with van der Waals surface area (Å²) in [7, 11) is 0. The molecule has 0 aliphatic heterocycles. The van der Waals surface area contributed by atoms with E-state index in [0.717, 1.165) is 0 Å². The van der Waals surface area contributed by atoms with Gasteiger partial charge >= 0.3 is 23.1 Å². The molecule has 10 heavy (non-hydrogen) atoms. The SMILES string of the molecule is I.O.O.O.O.O.O.O.O.[MgH2]. The molecule has 16 N–H and O–H groups in total. The first-order chi connectivity index (χ1) is 0. The molecule has 0 radical (unpaired) electrons. The van der Waals surface area contributed by atoms with E-state index in [9.17, 15) is 0 Å². The fourth-order valence-corrected chi connectivity index (χ4v) is 0. The minimum Gasteiger partial charge on any atom is -0.412 e. The van der Waals surface area contributed by atoms with Gasteiger partial charge in [0.05, 0.1) is 0 Å². The second-order valence-electron chi connectivity index (χ2n) is 0. The molecule has 8 nitrogen and oxygen atoms in total. The van der Waals surface area contributed by atoms with Crippen molar-refractivity contribution >= 4 is 47.0 Å². The molecule has 0 heterocycles. The van der Waals surface area contributed by atoms with E-state index >= 15 is 0 Å². The predicted molar refractivity (Wildman–Crippen MR) is 52.9 cm³/mol. The Morgan fingerprint density at radius 2 is 0.300 bits per heavy atom. The van der Waals surface area contributed by atoms with Crippen LogP contribution in [0.1, 0.15) is 0 Å². The highest BCUT2D eigenvalue weighted by Crippen LogP contribution is 0.886. The van der Waals surface area contributed by atoms with Crippen molar-refractivity contribution in [1.29, 1.82) is 0 Å². The van der Waals surface area contributed by atoms with Gasteiger partial charge in [-0.25, -0.2) is 0 Å². The van der Waals surface area contributed by atoms with Gasteiger partial charge in [-0.05, 0) is 0 Å². The molecule has 0 atom stereocenters. The lowest BCUT2D eigenvalue weighted by Gasteiger charge is -0.413. The van der Waals surface area contributed by atoms with E-state index in [4.69, 9.17) is 0 Å². The number of hydrogen-bond acceptors (Lipinski definition) is 0. The third kappa shape index (κ3) is 443. The van der Waals surface area contributed by atoms with E-state index < -0.39 is 0 Å². The largest absolute Gasteiger partial charge is 0.412 e. The molecule has 0 aromatic rings. The lowest BCUT2D eigenvalue weighted by Crippen LogP contribution is -0.381. The van der Waals surface area contributed by atoms with Gasteiger partial charge in [-0.1, -0.05) is 0 Å². The highest BCUT2D eigenvalue weighted by Gasteiger charge is 0.316. The maximum absolute atomic E-state index is 0. The molecule has 0 saturated heterocycles. The van der Waals surface area contributed by atoms with E-state index in [1.54, 1.807) is 0 Å². The minimum absolute atomic E-state index is 0. The van der Waals surface area contributed by atoms with Crippen LogP contribution in [0.4, 0.5) is 0 Å². The molecule has 0 amide bonds. The zero-order chi connectivity index (χ0) is 0. The zero-order valence-corrected chi connectivity index (χ0v) is 6.74. The van der Waals surface area contributed by atoms with Crippen LogP contribution in [0.2, 0.25) is 0 Å². The Labute approximate surface area is 90.6 Å². The van der Waals surface area contributed by atoms with Crippen LogP contribution >= 0.6 is 24.0 Å². The fraction of sp³-hybridized carbons (Fsp3) is 0. The van der Waals surface area contributed by atoms with Gasteiger partial charge in [0.15, 0.2) is 0 Å². The van der Waals surface area contributed by atoms with E-state index in [1.807, 2.05) is 0 Å². The summed E-state index contributed by atoms with van der Waals surface area (Å²) in [6.07, 6.45) is 0. The molecule has 0 unspecified atom stereocenters. The maximum Gasteiger partial charge on any atom is 0.316 e. The van der Waals surface area contributed by atoms with Crippen molar-refractivity contribution in [2.45, 2.75) is 0 Å². The molecule has 76 valence electrons. The summed E-state index contributed by atoms with van der Waals surface area (Å²) in [5.41, 5.74) is 0. The van der Waals surface area contributed by atoms with Crippen LogP contribution in [0, 0.1) is 0 Å². The van der Waals surface area contributed by atoms with Crippen LogP contribution in [0.25, 0.3) is 0 Å². The van der Waals surface area contributed by atoms with E-state index in [0.29, 0.717) is 0 Å².